The van der Waals surface area contributed by atoms with E-state index in [0.717, 1.165) is 35.4 Å². The number of nitrogens with one attached hydrogen (secondary N) is 3. The van der Waals surface area contributed by atoms with E-state index in [4.69, 9.17) is 4.74 Å². The highest BCUT2D eigenvalue weighted by Crippen LogP contribution is 2.45. The summed E-state index contributed by atoms with van der Waals surface area (Å²) in [6.07, 6.45) is 5.81. The van der Waals surface area contributed by atoms with Gasteiger partial charge in [0.1, 0.15) is 5.69 Å². The minimum Gasteiger partial charge on any atom is -0.480 e. The Balaban J connectivity index is 1.42. The van der Waals surface area contributed by atoms with E-state index >= 15 is 0 Å². The summed E-state index contributed by atoms with van der Waals surface area (Å²) in [5, 5.41) is 15.6. The van der Waals surface area contributed by atoms with Gasteiger partial charge < -0.3 is 10.1 Å². The first-order valence-electron chi connectivity index (χ1n) is 10.7. The summed E-state index contributed by atoms with van der Waals surface area (Å²) in [5.41, 5.74) is 5.78. The van der Waals surface area contributed by atoms with Crippen molar-refractivity contribution in [3.8, 4) is 17.1 Å². The van der Waals surface area contributed by atoms with Gasteiger partial charge in [-0.05, 0) is 37.0 Å². The first-order chi connectivity index (χ1) is 16.2. The fourth-order valence-corrected chi connectivity index (χ4v) is 4.58. The molecular weight excluding hydrogens is 436 g/mol. The second kappa shape index (κ2) is 9.13. The lowest BCUT2D eigenvalue weighted by atomic mass is 10.0. The van der Waals surface area contributed by atoms with E-state index in [1.165, 1.54) is 7.11 Å². The number of rotatable bonds is 9. The molecule has 168 valence electrons. The van der Waals surface area contributed by atoms with E-state index in [1.807, 2.05) is 48.0 Å². The number of aromatic nitrogens is 4. The molecule has 33 heavy (non-hydrogen) atoms. The Morgan fingerprint density at radius 1 is 1.24 bits per heavy atom. The van der Waals surface area contributed by atoms with Crippen LogP contribution in [0.2, 0.25) is 0 Å². The van der Waals surface area contributed by atoms with Gasteiger partial charge >= 0.3 is 0 Å². The smallest absolute Gasteiger partial charge is 0.242 e. The zero-order valence-electron chi connectivity index (χ0n) is 18.1. The van der Waals surface area contributed by atoms with Crippen LogP contribution in [0.1, 0.15) is 24.1 Å². The molecule has 1 atom stereocenters. The minimum absolute atomic E-state index is 0.151. The van der Waals surface area contributed by atoms with Gasteiger partial charge in [0, 0.05) is 23.3 Å². The number of carbonyl (C=O) groups excluding carboxylic acids is 1. The molecule has 9 heteroatoms. The fraction of sp³-hybridized carbons (Fsp3) is 0.250. The number of carbonyl (C=O) groups is 1. The highest BCUT2D eigenvalue weighted by molar-refractivity contribution is 7.07. The van der Waals surface area contributed by atoms with Gasteiger partial charge in [-0.25, -0.2) is 9.97 Å². The third-order valence-corrected chi connectivity index (χ3v) is 6.42. The van der Waals surface area contributed by atoms with Crippen molar-refractivity contribution in [3.05, 3.63) is 77.0 Å². The third kappa shape index (κ3) is 4.64. The van der Waals surface area contributed by atoms with Crippen LogP contribution >= 0.6 is 11.3 Å². The first kappa shape index (κ1) is 21.3. The first-order valence-corrected chi connectivity index (χ1v) is 11.7. The van der Waals surface area contributed by atoms with Crippen LogP contribution in [-0.2, 0) is 16.8 Å². The molecular formula is C24H24N6O2S. The van der Waals surface area contributed by atoms with Crippen molar-refractivity contribution in [2.45, 2.75) is 30.8 Å². The molecule has 1 aliphatic carbocycles. The van der Waals surface area contributed by atoms with Crippen molar-refractivity contribution < 1.29 is 9.53 Å². The van der Waals surface area contributed by atoms with Crippen molar-refractivity contribution in [3.63, 3.8) is 0 Å². The van der Waals surface area contributed by atoms with Crippen LogP contribution in [0.4, 0.5) is 5.69 Å². The Morgan fingerprint density at radius 3 is 2.76 bits per heavy atom. The van der Waals surface area contributed by atoms with Crippen LogP contribution < -0.4 is 15.4 Å². The lowest BCUT2D eigenvalue weighted by Gasteiger charge is -2.24. The lowest BCUT2D eigenvalue weighted by molar-refractivity contribution is -0.118. The molecule has 4 aromatic rings. The standard InChI is InChI=1S/C24H24N6O2S/c1-32-23-20(12-17(13-25-23)18-7-10-27-30-18)28-22(31)19(11-16-5-3-2-4-6-16)29-24(8-9-24)21-14-33-15-26-21/h2-7,10,12-15,19,29H,8-9,11H2,1H3,(H,27,30)(H,28,31). The van der Waals surface area contributed by atoms with Crippen molar-refractivity contribution in [2.24, 2.45) is 0 Å². The summed E-state index contributed by atoms with van der Waals surface area (Å²) in [6.45, 7) is 0. The number of anilines is 1. The second-order valence-corrected chi connectivity index (χ2v) is 8.80. The maximum Gasteiger partial charge on any atom is 0.242 e. The van der Waals surface area contributed by atoms with Gasteiger partial charge in [-0.1, -0.05) is 30.3 Å². The number of benzene rings is 1. The van der Waals surface area contributed by atoms with Crippen LogP contribution in [0.5, 0.6) is 5.88 Å². The molecule has 8 nitrogen and oxygen atoms in total. The number of ether oxygens (including phenoxy) is 1. The number of methoxy groups -OCH3 is 1. The molecule has 3 heterocycles. The Morgan fingerprint density at radius 2 is 2.09 bits per heavy atom. The van der Waals surface area contributed by atoms with Crippen LogP contribution in [0, 0.1) is 0 Å². The maximum atomic E-state index is 13.6. The predicted octanol–water partition coefficient (Wildman–Crippen LogP) is 3.77. The average Bonchev–Trinajstić information content (AvgIpc) is 3.25. The van der Waals surface area contributed by atoms with E-state index in [0.29, 0.717) is 18.0 Å². The molecule has 5 rings (SSSR count). The Kier molecular flexibility index (Phi) is 5.89. The van der Waals surface area contributed by atoms with E-state index in [1.54, 1.807) is 23.7 Å². The summed E-state index contributed by atoms with van der Waals surface area (Å²) in [4.78, 5) is 22.4. The monoisotopic (exact) mass is 460 g/mol. The molecule has 1 saturated carbocycles. The zero-order chi connectivity index (χ0) is 22.7. The molecule has 1 unspecified atom stereocenters. The highest BCUT2D eigenvalue weighted by Gasteiger charge is 2.48. The molecule has 0 spiro atoms. The minimum atomic E-state index is -0.461. The van der Waals surface area contributed by atoms with Gasteiger partial charge in [0.05, 0.1) is 35.6 Å². The second-order valence-electron chi connectivity index (χ2n) is 8.08. The molecule has 0 aliphatic heterocycles. The van der Waals surface area contributed by atoms with Gasteiger partial charge in [0.2, 0.25) is 11.8 Å². The van der Waals surface area contributed by atoms with E-state index < -0.39 is 6.04 Å². The van der Waals surface area contributed by atoms with Crippen molar-refractivity contribution in [2.75, 3.05) is 12.4 Å². The van der Waals surface area contributed by atoms with E-state index in [9.17, 15) is 4.79 Å². The van der Waals surface area contributed by atoms with Crippen molar-refractivity contribution in [1.29, 1.82) is 0 Å². The SMILES string of the molecule is COc1ncc(-c2ccn[nH]2)cc1NC(=O)C(Cc1ccccc1)NC1(c2cscn2)CC1. The Labute approximate surface area is 195 Å². The molecule has 1 fully saturated rings. The number of thiazole rings is 1. The summed E-state index contributed by atoms with van der Waals surface area (Å²) >= 11 is 1.57. The molecule has 0 saturated heterocycles. The van der Waals surface area contributed by atoms with Crippen molar-refractivity contribution in [1.82, 2.24) is 25.5 Å². The molecule has 3 N–H and O–H groups in total. The van der Waals surface area contributed by atoms with E-state index in [-0.39, 0.29) is 11.4 Å². The Hall–Kier alpha value is -3.56. The van der Waals surface area contributed by atoms with Gasteiger partial charge in [-0.2, -0.15) is 5.10 Å². The number of hydrogen-bond donors (Lipinski definition) is 3. The van der Waals surface area contributed by atoms with Gasteiger partial charge in [-0.3, -0.25) is 15.2 Å². The number of nitrogens with zero attached hydrogens (tertiary/aromatic N) is 3. The molecule has 0 radical (unpaired) electrons. The summed E-state index contributed by atoms with van der Waals surface area (Å²) in [7, 11) is 1.54. The Bertz CT molecular complexity index is 1210. The number of hydrogen-bond acceptors (Lipinski definition) is 7. The number of aromatic amines is 1. The van der Waals surface area contributed by atoms with Crippen LogP contribution in [0.3, 0.4) is 0 Å². The van der Waals surface area contributed by atoms with Gasteiger partial charge in [0.25, 0.3) is 0 Å². The number of amides is 1. The number of H-pyrrole nitrogens is 1. The van der Waals surface area contributed by atoms with Crippen LogP contribution in [-0.4, -0.2) is 39.2 Å². The van der Waals surface area contributed by atoms with Crippen LogP contribution in [0.25, 0.3) is 11.3 Å². The predicted molar refractivity (Wildman–Crippen MR) is 127 cm³/mol. The summed E-state index contributed by atoms with van der Waals surface area (Å²) in [6, 6.07) is 13.2. The topological polar surface area (TPSA) is 105 Å². The zero-order valence-corrected chi connectivity index (χ0v) is 18.9. The highest BCUT2D eigenvalue weighted by atomic mass is 32.1. The molecule has 1 aromatic carbocycles. The largest absolute Gasteiger partial charge is 0.480 e. The maximum absolute atomic E-state index is 13.6. The van der Waals surface area contributed by atoms with Crippen molar-refractivity contribution >= 4 is 22.9 Å². The number of pyridine rings is 1. The summed E-state index contributed by atoms with van der Waals surface area (Å²) < 4.78 is 5.41. The molecule has 1 amide bonds. The average molecular weight is 461 g/mol. The van der Waals surface area contributed by atoms with Crippen LogP contribution in [0.15, 0.2) is 65.7 Å². The lowest BCUT2D eigenvalue weighted by Crippen LogP contribution is -2.47. The molecule has 3 aromatic heterocycles. The van der Waals surface area contributed by atoms with Gasteiger partial charge in [0.15, 0.2) is 0 Å². The third-order valence-electron chi connectivity index (χ3n) is 5.84. The quantitative estimate of drug-likeness (QED) is 0.351. The molecule has 0 bridgehead atoms. The summed E-state index contributed by atoms with van der Waals surface area (Å²) in [5.74, 6) is 0.202. The normalized spacial score (nSPS) is 15.1. The van der Waals surface area contributed by atoms with Gasteiger partial charge in [-0.15, -0.1) is 11.3 Å². The molecule has 1 aliphatic rings. The fourth-order valence-electron chi connectivity index (χ4n) is 3.93. The van der Waals surface area contributed by atoms with E-state index in [2.05, 4.69) is 36.2 Å².